The molecule has 1 aromatic heterocycles. The van der Waals surface area contributed by atoms with Crippen molar-refractivity contribution < 1.29 is 9.53 Å². The van der Waals surface area contributed by atoms with Crippen molar-refractivity contribution in [3.8, 4) is 0 Å². The maximum atomic E-state index is 12.4. The lowest BCUT2D eigenvalue weighted by Crippen LogP contribution is -2.47. The molecule has 2 unspecified atom stereocenters. The Labute approximate surface area is 136 Å². The van der Waals surface area contributed by atoms with Crippen LogP contribution in [-0.2, 0) is 4.74 Å². The molecule has 0 spiro atoms. The Morgan fingerprint density at radius 3 is 2.95 bits per heavy atom. The summed E-state index contributed by atoms with van der Waals surface area (Å²) in [5.41, 5.74) is -0.447. The largest absolute Gasteiger partial charge is 0.444 e. The zero-order chi connectivity index (χ0) is 16.2. The Morgan fingerprint density at radius 2 is 2.32 bits per heavy atom. The van der Waals surface area contributed by atoms with Gasteiger partial charge in [0.05, 0.1) is 6.20 Å². The predicted octanol–water partition coefficient (Wildman–Crippen LogP) is 3.52. The lowest BCUT2D eigenvalue weighted by atomic mass is 9.97. The quantitative estimate of drug-likeness (QED) is 0.917. The minimum absolute atomic E-state index is 0.191. The third-order valence-corrected chi connectivity index (χ3v) is 4.23. The van der Waals surface area contributed by atoms with Crippen molar-refractivity contribution in [3.63, 3.8) is 0 Å². The molecule has 1 saturated heterocycles. The Morgan fingerprint density at radius 1 is 1.55 bits per heavy atom. The summed E-state index contributed by atoms with van der Waals surface area (Å²) in [5.74, 6) is 0. The Balaban J connectivity index is 1.92. The van der Waals surface area contributed by atoms with Crippen LogP contribution in [0.15, 0.2) is 6.20 Å². The highest BCUT2D eigenvalue weighted by Gasteiger charge is 2.31. The molecule has 22 heavy (non-hydrogen) atoms. The maximum absolute atomic E-state index is 12.4. The molecule has 2 atom stereocenters. The smallest absolute Gasteiger partial charge is 0.410 e. The third kappa shape index (κ3) is 5.12. The summed E-state index contributed by atoms with van der Waals surface area (Å²) in [7, 11) is 0. The second kappa shape index (κ2) is 7.26. The Hall–Kier alpha value is -1.37. The van der Waals surface area contributed by atoms with Crippen LogP contribution in [0, 0.1) is 0 Å². The van der Waals surface area contributed by atoms with Gasteiger partial charge >= 0.3 is 6.09 Å². The molecule has 0 aromatic carbocycles. The van der Waals surface area contributed by atoms with Crippen LogP contribution in [-0.4, -0.2) is 44.8 Å². The van der Waals surface area contributed by atoms with Gasteiger partial charge in [-0.1, -0.05) is 4.49 Å². The summed E-state index contributed by atoms with van der Waals surface area (Å²) in [5, 5.41) is 8.18. The number of rotatable bonds is 4. The second-order valence-electron chi connectivity index (χ2n) is 6.89. The van der Waals surface area contributed by atoms with Gasteiger partial charge in [-0.05, 0) is 53.4 Å². The van der Waals surface area contributed by atoms with Gasteiger partial charge < -0.3 is 15.0 Å². The van der Waals surface area contributed by atoms with Crippen molar-refractivity contribution in [1.82, 2.24) is 14.5 Å². The summed E-state index contributed by atoms with van der Waals surface area (Å²) in [6.45, 7) is 8.64. The van der Waals surface area contributed by atoms with Crippen molar-refractivity contribution in [3.05, 3.63) is 6.20 Å². The first kappa shape index (κ1) is 17.0. The van der Waals surface area contributed by atoms with Crippen LogP contribution in [0.1, 0.15) is 53.4 Å². The van der Waals surface area contributed by atoms with Crippen LogP contribution in [0.3, 0.4) is 0 Å². The van der Waals surface area contributed by atoms with Crippen molar-refractivity contribution in [2.24, 2.45) is 0 Å². The van der Waals surface area contributed by atoms with Crippen molar-refractivity contribution in [2.45, 2.75) is 71.1 Å². The zero-order valence-electron chi connectivity index (χ0n) is 13.8. The third-order valence-electron chi connectivity index (χ3n) is 3.63. The number of hydrogen-bond acceptors (Lipinski definition) is 6. The fraction of sp³-hybridized carbons (Fsp3) is 0.800. The van der Waals surface area contributed by atoms with Gasteiger partial charge in [0.15, 0.2) is 0 Å². The SMILES string of the molecule is CC(CC1CCCCN1C(=O)OC(C)(C)C)Nc1cnns1. The van der Waals surface area contributed by atoms with Crippen molar-refractivity contribution in [2.75, 3.05) is 11.9 Å². The van der Waals surface area contributed by atoms with Gasteiger partial charge in [-0.2, -0.15) is 0 Å². The number of nitrogens with zero attached hydrogens (tertiary/aromatic N) is 3. The molecule has 6 nitrogen and oxygen atoms in total. The van der Waals surface area contributed by atoms with E-state index in [1.54, 1.807) is 6.20 Å². The van der Waals surface area contributed by atoms with Gasteiger partial charge in [0, 0.05) is 30.2 Å². The predicted molar refractivity (Wildman–Crippen MR) is 88.2 cm³/mol. The number of piperidine rings is 1. The van der Waals surface area contributed by atoms with Crippen LogP contribution in [0.4, 0.5) is 9.80 Å². The highest BCUT2D eigenvalue weighted by Crippen LogP contribution is 2.24. The first-order valence-corrected chi connectivity index (χ1v) is 8.66. The lowest BCUT2D eigenvalue weighted by molar-refractivity contribution is 0.00852. The molecule has 124 valence electrons. The monoisotopic (exact) mass is 326 g/mol. The van der Waals surface area contributed by atoms with E-state index in [0.29, 0.717) is 0 Å². The minimum Gasteiger partial charge on any atom is -0.444 e. The normalized spacial score (nSPS) is 20.5. The minimum atomic E-state index is -0.447. The number of aromatic nitrogens is 2. The molecule has 0 radical (unpaired) electrons. The number of nitrogens with one attached hydrogen (secondary N) is 1. The van der Waals surface area contributed by atoms with Crippen LogP contribution in [0.5, 0.6) is 0 Å². The second-order valence-corrected chi connectivity index (χ2v) is 7.67. The Kier molecular flexibility index (Phi) is 5.61. The number of carbonyl (C=O) groups is 1. The van der Waals surface area contributed by atoms with Crippen LogP contribution >= 0.6 is 11.5 Å². The molecule has 1 amide bonds. The number of likely N-dealkylation sites (tertiary alicyclic amines) is 1. The van der Waals surface area contributed by atoms with Crippen LogP contribution < -0.4 is 5.32 Å². The van der Waals surface area contributed by atoms with Crippen LogP contribution in [0.2, 0.25) is 0 Å². The average Bonchev–Trinajstić information content (AvgIpc) is 2.90. The zero-order valence-corrected chi connectivity index (χ0v) is 14.7. The average molecular weight is 326 g/mol. The lowest BCUT2D eigenvalue weighted by Gasteiger charge is -2.38. The van der Waals surface area contributed by atoms with Crippen LogP contribution in [0.25, 0.3) is 0 Å². The number of anilines is 1. The summed E-state index contributed by atoms with van der Waals surface area (Å²) in [6, 6.07) is 0.488. The molecule has 1 aromatic rings. The molecule has 1 fully saturated rings. The summed E-state index contributed by atoms with van der Waals surface area (Å²) in [4.78, 5) is 14.3. The molecule has 2 rings (SSSR count). The number of amides is 1. The first-order chi connectivity index (χ1) is 10.3. The molecule has 1 aliphatic rings. The van der Waals surface area contributed by atoms with E-state index in [0.717, 1.165) is 30.8 Å². The maximum Gasteiger partial charge on any atom is 0.410 e. The van der Waals surface area contributed by atoms with E-state index in [2.05, 4.69) is 21.8 Å². The van der Waals surface area contributed by atoms with Crippen molar-refractivity contribution >= 4 is 22.6 Å². The van der Waals surface area contributed by atoms with Gasteiger partial charge in [-0.3, -0.25) is 0 Å². The Bertz CT molecular complexity index is 472. The topological polar surface area (TPSA) is 67.3 Å². The van der Waals surface area contributed by atoms with Gasteiger partial charge in [0.25, 0.3) is 0 Å². The van der Waals surface area contributed by atoms with E-state index in [4.69, 9.17) is 4.74 Å². The molecular weight excluding hydrogens is 300 g/mol. The van der Waals surface area contributed by atoms with Gasteiger partial charge in [-0.15, -0.1) is 5.10 Å². The van der Waals surface area contributed by atoms with Gasteiger partial charge in [0.2, 0.25) is 0 Å². The number of carbonyl (C=O) groups excluding carboxylic acids is 1. The molecule has 0 saturated carbocycles. The van der Waals surface area contributed by atoms with Crippen molar-refractivity contribution in [1.29, 1.82) is 0 Å². The molecule has 0 aliphatic carbocycles. The fourth-order valence-electron chi connectivity index (χ4n) is 2.75. The molecule has 7 heteroatoms. The molecule has 1 N–H and O–H groups in total. The van der Waals surface area contributed by atoms with E-state index in [9.17, 15) is 4.79 Å². The standard InChI is InChI=1S/C15H26N4O2S/c1-11(17-13-10-16-18-22-13)9-12-7-5-6-8-19(12)14(20)21-15(2,3)4/h10-12,17H,5-9H2,1-4H3. The number of hydrogen-bond donors (Lipinski definition) is 1. The van der Waals surface area contributed by atoms with E-state index in [1.807, 2.05) is 25.7 Å². The number of ether oxygens (including phenoxy) is 1. The van der Waals surface area contributed by atoms with E-state index in [-0.39, 0.29) is 18.2 Å². The van der Waals surface area contributed by atoms with Gasteiger partial charge in [-0.25, -0.2) is 4.79 Å². The van der Waals surface area contributed by atoms with Gasteiger partial charge in [0.1, 0.15) is 10.6 Å². The summed E-state index contributed by atoms with van der Waals surface area (Å²) in [6.07, 6.45) is 5.69. The summed E-state index contributed by atoms with van der Waals surface area (Å²) < 4.78 is 9.39. The van der Waals surface area contributed by atoms with E-state index >= 15 is 0 Å². The fourth-order valence-corrected chi connectivity index (χ4v) is 3.28. The molecular formula is C15H26N4O2S. The molecule has 1 aliphatic heterocycles. The molecule has 2 heterocycles. The summed E-state index contributed by atoms with van der Waals surface area (Å²) >= 11 is 1.35. The first-order valence-electron chi connectivity index (χ1n) is 7.88. The molecule has 0 bridgehead atoms. The van der Waals surface area contributed by atoms with E-state index in [1.165, 1.54) is 18.0 Å². The highest BCUT2D eigenvalue weighted by molar-refractivity contribution is 7.09. The highest BCUT2D eigenvalue weighted by atomic mass is 32.1. The van der Waals surface area contributed by atoms with E-state index < -0.39 is 5.60 Å².